The van der Waals surface area contributed by atoms with E-state index >= 15 is 0 Å². The molecule has 4 nitrogen and oxygen atoms in total. The second-order valence-electron chi connectivity index (χ2n) is 4.43. The predicted octanol–water partition coefficient (Wildman–Crippen LogP) is 3.82. The van der Waals surface area contributed by atoms with E-state index in [9.17, 15) is 5.11 Å². The first-order valence-corrected chi connectivity index (χ1v) is 6.15. The molecule has 0 spiro atoms. The molecule has 0 fully saturated rings. The largest absolute Gasteiger partial charge is 0.508 e. The first-order valence-electron chi connectivity index (χ1n) is 6.15. The SMILES string of the molecule is COc1cc(OC)cc(-c2cc3cc(O)ccc3o2)c1. The molecule has 1 N–H and O–H groups in total. The van der Waals surface area contributed by atoms with Gasteiger partial charge in [-0.25, -0.2) is 0 Å². The van der Waals surface area contributed by atoms with Gasteiger partial charge in [0.25, 0.3) is 0 Å². The monoisotopic (exact) mass is 270 g/mol. The summed E-state index contributed by atoms with van der Waals surface area (Å²) in [5.74, 6) is 2.31. The van der Waals surface area contributed by atoms with E-state index < -0.39 is 0 Å². The van der Waals surface area contributed by atoms with Gasteiger partial charge in [-0.05, 0) is 36.4 Å². The molecular weight excluding hydrogens is 256 g/mol. The third kappa shape index (κ3) is 2.16. The molecule has 0 aliphatic rings. The lowest BCUT2D eigenvalue weighted by Crippen LogP contribution is -1.88. The van der Waals surface area contributed by atoms with Crippen molar-refractivity contribution in [1.29, 1.82) is 0 Å². The lowest BCUT2D eigenvalue weighted by molar-refractivity contribution is 0.394. The summed E-state index contributed by atoms with van der Waals surface area (Å²) in [6.07, 6.45) is 0. The van der Waals surface area contributed by atoms with Crippen molar-refractivity contribution < 1.29 is 19.0 Å². The number of benzene rings is 2. The van der Waals surface area contributed by atoms with Gasteiger partial charge in [-0.2, -0.15) is 0 Å². The summed E-state index contributed by atoms with van der Waals surface area (Å²) in [7, 11) is 3.21. The molecule has 0 aliphatic heterocycles. The van der Waals surface area contributed by atoms with Crippen molar-refractivity contribution in [2.24, 2.45) is 0 Å². The summed E-state index contributed by atoms with van der Waals surface area (Å²) < 4.78 is 16.3. The minimum atomic E-state index is 0.216. The number of phenolic OH excluding ortho intramolecular Hbond substituents is 1. The number of fused-ring (bicyclic) bond motifs is 1. The summed E-state index contributed by atoms with van der Waals surface area (Å²) in [6.45, 7) is 0. The number of rotatable bonds is 3. The van der Waals surface area contributed by atoms with Gasteiger partial charge >= 0.3 is 0 Å². The Kier molecular flexibility index (Phi) is 2.99. The lowest BCUT2D eigenvalue weighted by Gasteiger charge is -2.06. The number of furan rings is 1. The number of hydrogen-bond acceptors (Lipinski definition) is 4. The molecule has 2 aromatic carbocycles. The van der Waals surface area contributed by atoms with E-state index in [0.717, 1.165) is 16.5 Å². The van der Waals surface area contributed by atoms with Crippen molar-refractivity contribution >= 4 is 11.0 Å². The van der Waals surface area contributed by atoms with Crippen LogP contribution < -0.4 is 9.47 Å². The van der Waals surface area contributed by atoms with Gasteiger partial charge in [-0.3, -0.25) is 0 Å². The van der Waals surface area contributed by atoms with E-state index in [0.29, 0.717) is 17.3 Å². The highest BCUT2D eigenvalue weighted by molar-refractivity contribution is 5.84. The summed E-state index contributed by atoms with van der Waals surface area (Å²) >= 11 is 0. The summed E-state index contributed by atoms with van der Waals surface area (Å²) in [4.78, 5) is 0. The van der Waals surface area contributed by atoms with Gasteiger partial charge in [0, 0.05) is 17.0 Å². The van der Waals surface area contributed by atoms with Crippen molar-refractivity contribution in [2.75, 3.05) is 14.2 Å². The fourth-order valence-corrected chi connectivity index (χ4v) is 2.12. The van der Waals surface area contributed by atoms with Gasteiger partial charge < -0.3 is 19.0 Å². The maximum atomic E-state index is 9.49. The topological polar surface area (TPSA) is 51.8 Å². The molecule has 0 saturated carbocycles. The van der Waals surface area contributed by atoms with Crippen LogP contribution in [0.15, 0.2) is 46.9 Å². The summed E-state index contributed by atoms with van der Waals surface area (Å²) in [5, 5.41) is 10.3. The van der Waals surface area contributed by atoms with Crippen LogP contribution >= 0.6 is 0 Å². The molecule has 102 valence electrons. The van der Waals surface area contributed by atoms with Crippen LogP contribution in [-0.4, -0.2) is 19.3 Å². The molecule has 0 saturated heterocycles. The number of hydrogen-bond donors (Lipinski definition) is 1. The van der Waals surface area contributed by atoms with Gasteiger partial charge in [0.15, 0.2) is 0 Å². The summed E-state index contributed by atoms with van der Waals surface area (Å²) in [6, 6.07) is 12.4. The second kappa shape index (κ2) is 4.81. The number of ether oxygens (including phenoxy) is 2. The Morgan fingerprint density at radius 3 is 2.25 bits per heavy atom. The van der Waals surface area contributed by atoms with Gasteiger partial charge in [0.2, 0.25) is 0 Å². The number of phenols is 1. The Morgan fingerprint density at radius 2 is 1.60 bits per heavy atom. The third-order valence-corrected chi connectivity index (χ3v) is 3.14. The van der Waals surface area contributed by atoms with Gasteiger partial charge in [0.1, 0.15) is 28.6 Å². The quantitative estimate of drug-likeness (QED) is 0.786. The first kappa shape index (κ1) is 12.4. The highest BCUT2D eigenvalue weighted by Crippen LogP contribution is 2.34. The Balaban J connectivity index is 2.14. The van der Waals surface area contributed by atoms with Crippen LogP contribution in [0.5, 0.6) is 17.2 Å². The Labute approximate surface area is 116 Å². The molecule has 0 atom stereocenters. The van der Waals surface area contributed by atoms with Crippen LogP contribution in [0.1, 0.15) is 0 Å². The maximum Gasteiger partial charge on any atom is 0.135 e. The van der Waals surface area contributed by atoms with Crippen molar-refractivity contribution in [2.45, 2.75) is 0 Å². The van der Waals surface area contributed by atoms with Crippen molar-refractivity contribution in [3.05, 3.63) is 42.5 Å². The van der Waals surface area contributed by atoms with E-state index in [2.05, 4.69) is 0 Å². The van der Waals surface area contributed by atoms with E-state index in [1.165, 1.54) is 0 Å². The molecule has 0 unspecified atom stereocenters. The molecule has 0 aliphatic carbocycles. The molecule has 3 aromatic rings. The van der Waals surface area contributed by atoms with Gasteiger partial charge in [-0.1, -0.05) is 0 Å². The Morgan fingerprint density at radius 1 is 0.900 bits per heavy atom. The molecule has 3 rings (SSSR count). The van der Waals surface area contributed by atoms with Crippen molar-refractivity contribution in [3.63, 3.8) is 0 Å². The zero-order valence-corrected chi connectivity index (χ0v) is 11.2. The van der Waals surface area contributed by atoms with E-state index in [1.54, 1.807) is 38.5 Å². The molecule has 4 heteroatoms. The average molecular weight is 270 g/mol. The maximum absolute atomic E-state index is 9.49. The average Bonchev–Trinajstić information content (AvgIpc) is 2.89. The molecule has 0 radical (unpaired) electrons. The van der Waals surface area contributed by atoms with Gasteiger partial charge in [0.05, 0.1) is 14.2 Å². The normalized spacial score (nSPS) is 10.7. The van der Waals surface area contributed by atoms with Crippen LogP contribution in [-0.2, 0) is 0 Å². The highest BCUT2D eigenvalue weighted by atomic mass is 16.5. The van der Waals surface area contributed by atoms with Crippen LogP contribution in [0, 0.1) is 0 Å². The Bertz CT molecular complexity index is 736. The minimum absolute atomic E-state index is 0.216. The van der Waals surface area contributed by atoms with Crippen LogP contribution in [0.3, 0.4) is 0 Å². The zero-order chi connectivity index (χ0) is 14.1. The van der Waals surface area contributed by atoms with Crippen molar-refractivity contribution in [1.82, 2.24) is 0 Å². The molecule has 20 heavy (non-hydrogen) atoms. The molecular formula is C16H14O4. The number of methoxy groups -OCH3 is 2. The van der Waals surface area contributed by atoms with Crippen molar-refractivity contribution in [3.8, 4) is 28.6 Å². The molecule has 0 bridgehead atoms. The molecule has 0 amide bonds. The fourth-order valence-electron chi connectivity index (χ4n) is 2.12. The fraction of sp³-hybridized carbons (Fsp3) is 0.125. The lowest BCUT2D eigenvalue weighted by atomic mass is 10.1. The third-order valence-electron chi connectivity index (χ3n) is 3.14. The minimum Gasteiger partial charge on any atom is -0.508 e. The number of aromatic hydroxyl groups is 1. The van der Waals surface area contributed by atoms with Crippen LogP contribution in [0.4, 0.5) is 0 Å². The van der Waals surface area contributed by atoms with Gasteiger partial charge in [-0.15, -0.1) is 0 Å². The standard InChI is InChI=1S/C16H14O4/c1-18-13-6-11(7-14(9-13)19-2)16-8-10-5-12(17)3-4-15(10)20-16/h3-9,17H,1-2H3. The van der Waals surface area contributed by atoms with E-state index in [-0.39, 0.29) is 5.75 Å². The molecule has 1 aromatic heterocycles. The predicted molar refractivity (Wildman–Crippen MR) is 76.4 cm³/mol. The highest BCUT2D eigenvalue weighted by Gasteiger charge is 2.10. The summed E-state index contributed by atoms with van der Waals surface area (Å²) in [5.41, 5.74) is 1.58. The van der Waals surface area contributed by atoms with E-state index in [4.69, 9.17) is 13.9 Å². The first-order chi connectivity index (χ1) is 9.69. The smallest absolute Gasteiger partial charge is 0.135 e. The van der Waals surface area contributed by atoms with Crippen LogP contribution in [0.2, 0.25) is 0 Å². The van der Waals surface area contributed by atoms with E-state index in [1.807, 2.05) is 18.2 Å². The Hall–Kier alpha value is -2.62. The van der Waals surface area contributed by atoms with Crippen LogP contribution in [0.25, 0.3) is 22.3 Å². The zero-order valence-electron chi connectivity index (χ0n) is 11.2. The second-order valence-corrected chi connectivity index (χ2v) is 4.43. The molecule has 1 heterocycles.